The highest BCUT2D eigenvalue weighted by molar-refractivity contribution is 6.36. The summed E-state index contributed by atoms with van der Waals surface area (Å²) in [5, 5.41) is 4.32. The number of benzene rings is 1. The van der Waals surface area contributed by atoms with Crippen LogP contribution in [-0.4, -0.2) is 43.2 Å². The van der Waals surface area contributed by atoms with Crippen molar-refractivity contribution in [2.45, 2.75) is 25.6 Å². The number of carbonyl (C=O) groups is 1. The zero-order chi connectivity index (χ0) is 14.7. The third-order valence-electron chi connectivity index (χ3n) is 3.42. The number of hydrogen-bond acceptors (Lipinski definition) is 3. The Morgan fingerprint density at radius 1 is 1.45 bits per heavy atom. The van der Waals surface area contributed by atoms with Crippen LogP contribution in [0, 0.1) is 0 Å². The van der Waals surface area contributed by atoms with Gasteiger partial charge in [-0.3, -0.25) is 4.79 Å². The van der Waals surface area contributed by atoms with Crippen LogP contribution in [0.2, 0.25) is 10.0 Å². The number of likely N-dealkylation sites (N-methyl/N-ethyl adjacent to an activating group) is 1. The molecule has 0 radical (unpaired) electrons. The summed E-state index contributed by atoms with van der Waals surface area (Å²) in [5.41, 5.74) is 0.760. The Morgan fingerprint density at radius 2 is 2.10 bits per heavy atom. The summed E-state index contributed by atoms with van der Waals surface area (Å²) in [6, 6.07) is 5.00. The fraction of sp³-hybridized carbons (Fsp3) is 0.500. The molecule has 1 amide bonds. The van der Waals surface area contributed by atoms with Gasteiger partial charge in [-0.1, -0.05) is 29.3 Å². The van der Waals surface area contributed by atoms with Gasteiger partial charge in [-0.25, -0.2) is 0 Å². The van der Waals surface area contributed by atoms with Crippen molar-refractivity contribution in [3.8, 4) is 0 Å². The zero-order valence-corrected chi connectivity index (χ0v) is 13.0. The van der Waals surface area contributed by atoms with Crippen LogP contribution in [0.4, 0.5) is 0 Å². The summed E-state index contributed by atoms with van der Waals surface area (Å²) >= 11 is 12.3. The van der Waals surface area contributed by atoms with E-state index in [0.717, 1.165) is 5.56 Å². The topological polar surface area (TPSA) is 41.6 Å². The van der Waals surface area contributed by atoms with E-state index < -0.39 is 0 Å². The number of halogens is 2. The van der Waals surface area contributed by atoms with Gasteiger partial charge in [0, 0.05) is 35.7 Å². The number of nitrogens with one attached hydrogen (secondary N) is 1. The van der Waals surface area contributed by atoms with Crippen LogP contribution in [0.25, 0.3) is 0 Å². The summed E-state index contributed by atoms with van der Waals surface area (Å²) in [7, 11) is 1.74. The van der Waals surface area contributed by atoms with Crippen LogP contribution in [0.3, 0.4) is 0 Å². The van der Waals surface area contributed by atoms with Gasteiger partial charge in [-0.2, -0.15) is 0 Å². The van der Waals surface area contributed by atoms with E-state index >= 15 is 0 Å². The highest BCUT2D eigenvalue weighted by Crippen LogP contribution is 2.25. The van der Waals surface area contributed by atoms with Crippen LogP contribution < -0.4 is 5.32 Å². The van der Waals surface area contributed by atoms with Crippen molar-refractivity contribution in [1.82, 2.24) is 10.2 Å². The van der Waals surface area contributed by atoms with E-state index in [0.29, 0.717) is 29.7 Å². The van der Waals surface area contributed by atoms with E-state index in [2.05, 4.69) is 5.32 Å². The average molecular weight is 317 g/mol. The van der Waals surface area contributed by atoms with Crippen LogP contribution in [0.5, 0.6) is 0 Å². The van der Waals surface area contributed by atoms with E-state index in [-0.39, 0.29) is 18.1 Å². The number of ether oxygens (including phenoxy) is 1. The third-order valence-corrected chi connectivity index (χ3v) is 4.12. The van der Waals surface area contributed by atoms with Crippen LogP contribution >= 0.6 is 23.2 Å². The standard InChI is InChI=1S/C14H18Cl2N2O2/c1-9-13(17-6-7-20-9)14(19)18(2)8-10-11(15)4-3-5-12(10)16/h3-5,9,13,17H,6-8H2,1-2H3/t9-,13+/m1/s1. The molecule has 1 aliphatic rings. The molecule has 2 rings (SSSR count). The number of rotatable bonds is 3. The van der Waals surface area contributed by atoms with Gasteiger partial charge in [0.25, 0.3) is 0 Å². The van der Waals surface area contributed by atoms with Gasteiger partial charge in [0.05, 0.1) is 12.7 Å². The molecule has 1 saturated heterocycles. The monoisotopic (exact) mass is 316 g/mol. The van der Waals surface area contributed by atoms with Gasteiger partial charge in [0.1, 0.15) is 6.04 Å². The predicted octanol–water partition coefficient (Wildman–Crippen LogP) is 2.33. The highest BCUT2D eigenvalue weighted by Gasteiger charge is 2.30. The first-order valence-corrected chi connectivity index (χ1v) is 7.29. The van der Waals surface area contributed by atoms with Gasteiger partial charge in [-0.05, 0) is 19.1 Å². The predicted molar refractivity (Wildman–Crippen MR) is 80.1 cm³/mol. The van der Waals surface area contributed by atoms with Crippen molar-refractivity contribution < 1.29 is 9.53 Å². The summed E-state index contributed by atoms with van der Waals surface area (Å²) in [5.74, 6) is -0.0202. The van der Waals surface area contributed by atoms with E-state index in [1.165, 1.54) is 0 Å². The molecule has 2 atom stereocenters. The maximum Gasteiger partial charge on any atom is 0.242 e. The second-order valence-electron chi connectivity index (χ2n) is 4.90. The fourth-order valence-electron chi connectivity index (χ4n) is 2.25. The third kappa shape index (κ3) is 3.44. The molecule has 4 nitrogen and oxygen atoms in total. The van der Waals surface area contributed by atoms with Gasteiger partial charge >= 0.3 is 0 Å². The number of morpholine rings is 1. The normalized spacial score (nSPS) is 22.6. The number of carbonyl (C=O) groups excluding carboxylic acids is 1. The maximum atomic E-state index is 12.4. The van der Waals surface area contributed by atoms with Gasteiger partial charge in [0.2, 0.25) is 5.91 Å². The molecule has 1 aromatic rings. The Bertz CT molecular complexity index is 476. The lowest BCUT2D eigenvalue weighted by Crippen LogP contribution is -2.55. The SMILES string of the molecule is C[C@H]1OCCN[C@@H]1C(=O)N(C)Cc1c(Cl)cccc1Cl. The second kappa shape index (κ2) is 6.76. The lowest BCUT2D eigenvalue weighted by molar-refractivity contribution is -0.138. The Morgan fingerprint density at radius 3 is 2.70 bits per heavy atom. The van der Waals surface area contributed by atoms with Crippen molar-refractivity contribution in [3.05, 3.63) is 33.8 Å². The van der Waals surface area contributed by atoms with E-state index in [4.69, 9.17) is 27.9 Å². The Kier molecular flexibility index (Phi) is 5.27. The van der Waals surface area contributed by atoms with Crippen molar-refractivity contribution >= 4 is 29.1 Å². The first-order chi connectivity index (χ1) is 9.50. The fourth-order valence-corrected chi connectivity index (χ4v) is 2.76. The quantitative estimate of drug-likeness (QED) is 0.930. The molecular weight excluding hydrogens is 299 g/mol. The lowest BCUT2D eigenvalue weighted by atomic mass is 10.1. The summed E-state index contributed by atoms with van der Waals surface area (Å²) in [6.07, 6.45) is -0.139. The van der Waals surface area contributed by atoms with Crippen molar-refractivity contribution in [2.24, 2.45) is 0 Å². The Labute approximate surface area is 129 Å². The molecular formula is C14H18Cl2N2O2. The second-order valence-corrected chi connectivity index (χ2v) is 5.72. The summed E-state index contributed by atoms with van der Waals surface area (Å²) in [4.78, 5) is 14.1. The van der Waals surface area contributed by atoms with Crippen molar-refractivity contribution in [3.63, 3.8) is 0 Å². The molecule has 0 saturated carbocycles. The number of amides is 1. The molecule has 1 aromatic carbocycles. The summed E-state index contributed by atoms with van der Waals surface area (Å²) in [6.45, 7) is 3.58. The molecule has 0 bridgehead atoms. The number of nitrogens with zero attached hydrogens (tertiary/aromatic N) is 1. The van der Waals surface area contributed by atoms with E-state index in [1.54, 1.807) is 30.1 Å². The first kappa shape index (κ1) is 15.6. The molecule has 1 heterocycles. The molecule has 1 fully saturated rings. The Balaban J connectivity index is 2.07. The molecule has 1 N–H and O–H groups in total. The molecule has 6 heteroatoms. The van der Waals surface area contributed by atoms with E-state index in [9.17, 15) is 4.79 Å². The minimum atomic E-state index is -0.324. The van der Waals surface area contributed by atoms with Crippen LogP contribution in [0.1, 0.15) is 12.5 Å². The molecule has 0 aromatic heterocycles. The summed E-state index contributed by atoms with van der Waals surface area (Å²) < 4.78 is 5.50. The van der Waals surface area contributed by atoms with Crippen molar-refractivity contribution in [1.29, 1.82) is 0 Å². The number of hydrogen-bond donors (Lipinski definition) is 1. The van der Waals surface area contributed by atoms with Gasteiger partial charge in [0.15, 0.2) is 0 Å². The molecule has 1 aliphatic heterocycles. The van der Waals surface area contributed by atoms with Crippen LogP contribution in [-0.2, 0) is 16.1 Å². The van der Waals surface area contributed by atoms with Crippen molar-refractivity contribution in [2.75, 3.05) is 20.2 Å². The molecule has 0 unspecified atom stereocenters. The average Bonchev–Trinajstić information content (AvgIpc) is 2.42. The first-order valence-electron chi connectivity index (χ1n) is 6.53. The maximum absolute atomic E-state index is 12.4. The largest absolute Gasteiger partial charge is 0.375 e. The lowest BCUT2D eigenvalue weighted by Gasteiger charge is -2.32. The van der Waals surface area contributed by atoms with E-state index in [1.807, 2.05) is 6.92 Å². The van der Waals surface area contributed by atoms with Gasteiger partial charge in [-0.15, -0.1) is 0 Å². The molecule has 0 aliphatic carbocycles. The molecule has 110 valence electrons. The van der Waals surface area contributed by atoms with Gasteiger partial charge < -0.3 is 15.0 Å². The minimum Gasteiger partial charge on any atom is -0.375 e. The Hall–Kier alpha value is -0.810. The minimum absolute atomic E-state index is 0.0202. The molecule has 20 heavy (non-hydrogen) atoms. The van der Waals surface area contributed by atoms with Crippen LogP contribution in [0.15, 0.2) is 18.2 Å². The zero-order valence-electron chi connectivity index (χ0n) is 11.5. The highest BCUT2D eigenvalue weighted by atomic mass is 35.5. The molecule has 0 spiro atoms. The smallest absolute Gasteiger partial charge is 0.242 e.